The number of aromatic nitrogens is 2. The van der Waals surface area contributed by atoms with Gasteiger partial charge in [-0.2, -0.15) is 0 Å². The molecule has 0 saturated heterocycles. The summed E-state index contributed by atoms with van der Waals surface area (Å²) in [6.45, 7) is 3.88. The van der Waals surface area contributed by atoms with Gasteiger partial charge in [-0.25, -0.2) is 0 Å². The second-order valence-corrected chi connectivity index (χ2v) is 3.84. The van der Waals surface area contributed by atoms with Crippen molar-refractivity contribution >= 4 is 0 Å². The Bertz CT molecular complexity index is 530. The fourth-order valence-electron chi connectivity index (χ4n) is 1.56. The van der Waals surface area contributed by atoms with Crippen molar-refractivity contribution in [3.05, 3.63) is 52.3 Å². The van der Waals surface area contributed by atoms with E-state index in [1.165, 1.54) is 0 Å². The summed E-state index contributed by atoms with van der Waals surface area (Å²) in [7, 11) is 0. The van der Waals surface area contributed by atoms with Gasteiger partial charge in [-0.15, -0.1) is 0 Å². The van der Waals surface area contributed by atoms with Gasteiger partial charge in [0.25, 0.3) is 5.56 Å². The molecule has 0 aromatic carbocycles. The van der Waals surface area contributed by atoms with Crippen LogP contribution in [0.2, 0.25) is 0 Å². The van der Waals surface area contributed by atoms with Crippen LogP contribution in [0.5, 0.6) is 0 Å². The van der Waals surface area contributed by atoms with Crippen LogP contribution >= 0.6 is 0 Å². The van der Waals surface area contributed by atoms with E-state index in [2.05, 4.69) is 10.5 Å². The largest absolute Gasteiger partial charge is 0.361 e. The Kier molecular flexibility index (Phi) is 3.72. The molecule has 0 aliphatic rings. The van der Waals surface area contributed by atoms with Gasteiger partial charge in [0, 0.05) is 38.0 Å². The van der Waals surface area contributed by atoms with Crippen LogP contribution in [-0.4, -0.2) is 16.3 Å². The average Bonchev–Trinajstić information content (AvgIpc) is 2.73. The SMILES string of the molecule is Cc1cc(CNCCn2ccccc2=O)no1. The molecule has 0 fully saturated rings. The first-order chi connectivity index (χ1) is 8.25. The van der Waals surface area contributed by atoms with Gasteiger partial charge in [0.05, 0.1) is 5.69 Å². The van der Waals surface area contributed by atoms with Gasteiger partial charge < -0.3 is 14.4 Å². The number of hydrogen-bond acceptors (Lipinski definition) is 4. The van der Waals surface area contributed by atoms with Crippen molar-refractivity contribution in [2.24, 2.45) is 0 Å². The molecule has 0 aliphatic heterocycles. The van der Waals surface area contributed by atoms with E-state index in [4.69, 9.17) is 4.52 Å². The lowest BCUT2D eigenvalue weighted by atomic mass is 10.4. The summed E-state index contributed by atoms with van der Waals surface area (Å²) in [6.07, 6.45) is 1.78. The van der Waals surface area contributed by atoms with Crippen LogP contribution in [0.3, 0.4) is 0 Å². The second-order valence-electron chi connectivity index (χ2n) is 3.84. The predicted octanol–water partition coefficient (Wildman–Crippen LogP) is 0.935. The zero-order valence-electron chi connectivity index (χ0n) is 9.72. The topological polar surface area (TPSA) is 60.1 Å². The summed E-state index contributed by atoms with van der Waals surface area (Å²) in [5.41, 5.74) is 0.898. The van der Waals surface area contributed by atoms with Crippen LogP contribution in [0.15, 0.2) is 39.8 Å². The first kappa shape index (κ1) is 11.6. The standard InChI is InChI=1S/C12H15N3O2/c1-10-8-11(14-17-10)9-13-5-7-15-6-3-2-4-12(15)16/h2-4,6,8,13H,5,7,9H2,1H3. The van der Waals surface area contributed by atoms with Crippen LogP contribution in [0.4, 0.5) is 0 Å². The summed E-state index contributed by atoms with van der Waals surface area (Å²) in [5, 5.41) is 7.08. The molecule has 0 amide bonds. The molecule has 5 nitrogen and oxygen atoms in total. The maximum Gasteiger partial charge on any atom is 0.250 e. The Labute approximate surface area is 99.1 Å². The van der Waals surface area contributed by atoms with Crippen LogP contribution in [-0.2, 0) is 13.1 Å². The van der Waals surface area contributed by atoms with E-state index in [-0.39, 0.29) is 5.56 Å². The van der Waals surface area contributed by atoms with Crippen molar-refractivity contribution in [1.82, 2.24) is 15.0 Å². The minimum atomic E-state index is 0.0200. The third-order valence-electron chi connectivity index (χ3n) is 2.41. The Hall–Kier alpha value is -1.88. The van der Waals surface area contributed by atoms with E-state index in [1.807, 2.05) is 19.1 Å². The highest BCUT2D eigenvalue weighted by molar-refractivity contribution is 5.02. The molecule has 0 radical (unpaired) electrons. The van der Waals surface area contributed by atoms with Gasteiger partial charge in [-0.05, 0) is 13.0 Å². The van der Waals surface area contributed by atoms with Crippen molar-refractivity contribution in [2.45, 2.75) is 20.0 Å². The zero-order chi connectivity index (χ0) is 12.1. The smallest absolute Gasteiger partial charge is 0.250 e. The summed E-state index contributed by atoms with van der Waals surface area (Å²) in [5.74, 6) is 0.807. The molecule has 2 heterocycles. The Morgan fingerprint density at radius 2 is 2.35 bits per heavy atom. The molecule has 0 atom stereocenters. The van der Waals surface area contributed by atoms with Gasteiger partial charge in [-0.1, -0.05) is 11.2 Å². The van der Waals surface area contributed by atoms with Crippen LogP contribution in [0.1, 0.15) is 11.5 Å². The van der Waals surface area contributed by atoms with Gasteiger partial charge in [0.15, 0.2) is 0 Å². The molecule has 1 N–H and O–H groups in total. The number of pyridine rings is 1. The lowest BCUT2D eigenvalue weighted by Gasteiger charge is -2.05. The Morgan fingerprint density at radius 3 is 3.06 bits per heavy atom. The molecular weight excluding hydrogens is 218 g/mol. The minimum Gasteiger partial charge on any atom is -0.361 e. The highest BCUT2D eigenvalue weighted by Crippen LogP contribution is 2.00. The van der Waals surface area contributed by atoms with Crippen molar-refractivity contribution in [3.63, 3.8) is 0 Å². The van der Waals surface area contributed by atoms with Crippen molar-refractivity contribution in [3.8, 4) is 0 Å². The maximum atomic E-state index is 11.4. The summed E-state index contributed by atoms with van der Waals surface area (Å²) in [4.78, 5) is 11.4. The minimum absolute atomic E-state index is 0.0200. The molecule has 2 aromatic rings. The summed E-state index contributed by atoms with van der Waals surface area (Å²) in [6, 6.07) is 7.04. The summed E-state index contributed by atoms with van der Waals surface area (Å²) < 4.78 is 6.62. The van der Waals surface area contributed by atoms with E-state index < -0.39 is 0 Å². The molecule has 2 aromatic heterocycles. The first-order valence-electron chi connectivity index (χ1n) is 5.54. The van der Waals surface area contributed by atoms with Crippen LogP contribution < -0.4 is 10.9 Å². The molecule has 0 bridgehead atoms. The maximum absolute atomic E-state index is 11.4. The monoisotopic (exact) mass is 233 g/mol. The van der Waals surface area contributed by atoms with Crippen molar-refractivity contribution in [2.75, 3.05) is 6.54 Å². The fraction of sp³-hybridized carbons (Fsp3) is 0.333. The second kappa shape index (κ2) is 5.45. The number of hydrogen-bond donors (Lipinski definition) is 1. The molecule has 0 spiro atoms. The molecule has 2 rings (SSSR count). The van der Waals surface area contributed by atoms with Gasteiger partial charge >= 0.3 is 0 Å². The van der Waals surface area contributed by atoms with Gasteiger partial charge in [0.2, 0.25) is 0 Å². The molecule has 0 saturated carbocycles. The average molecular weight is 233 g/mol. The molecule has 0 aliphatic carbocycles. The Morgan fingerprint density at radius 1 is 1.47 bits per heavy atom. The van der Waals surface area contributed by atoms with E-state index in [9.17, 15) is 4.79 Å². The highest BCUT2D eigenvalue weighted by atomic mass is 16.5. The third-order valence-corrected chi connectivity index (χ3v) is 2.41. The van der Waals surface area contributed by atoms with Crippen LogP contribution in [0, 0.1) is 6.92 Å². The summed E-state index contributed by atoms with van der Waals surface area (Å²) >= 11 is 0. The normalized spacial score (nSPS) is 10.6. The number of nitrogens with zero attached hydrogens (tertiary/aromatic N) is 2. The molecule has 17 heavy (non-hydrogen) atoms. The lowest BCUT2D eigenvalue weighted by Crippen LogP contribution is -2.25. The Balaban J connectivity index is 1.77. The number of aryl methyl sites for hydroxylation is 1. The number of rotatable bonds is 5. The molecular formula is C12H15N3O2. The first-order valence-corrected chi connectivity index (χ1v) is 5.54. The van der Waals surface area contributed by atoms with E-state index in [0.29, 0.717) is 13.1 Å². The molecule has 0 unspecified atom stereocenters. The van der Waals surface area contributed by atoms with Gasteiger partial charge in [-0.3, -0.25) is 4.79 Å². The van der Waals surface area contributed by atoms with E-state index >= 15 is 0 Å². The highest BCUT2D eigenvalue weighted by Gasteiger charge is 1.99. The number of nitrogens with one attached hydrogen (secondary N) is 1. The van der Waals surface area contributed by atoms with E-state index in [0.717, 1.165) is 18.0 Å². The lowest BCUT2D eigenvalue weighted by molar-refractivity contribution is 0.387. The van der Waals surface area contributed by atoms with Crippen LogP contribution in [0.25, 0.3) is 0 Å². The fourth-order valence-corrected chi connectivity index (χ4v) is 1.56. The van der Waals surface area contributed by atoms with Crippen molar-refractivity contribution in [1.29, 1.82) is 0 Å². The quantitative estimate of drug-likeness (QED) is 0.781. The third kappa shape index (κ3) is 3.29. The van der Waals surface area contributed by atoms with Gasteiger partial charge in [0.1, 0.15) is 5.76 Å². The molecule has 5 heteroatoms. The predicted molar refractivity (Wildman–Crippen MR) is 63.6 cm³/mol. The van der Waals surface area contributed by atoms with Crippen molar-refractivity contribution < 1.29 is 4.52 Å². The van der Waals surface area contributed by atoms with E-state index in [1.54, 1.807) is 22.9 Å². The molecule has 90 valence electrons. The zero-order valence-corrected chi connectivity index (χ0v) is 9.72.